The van der Waals surface area contributed by atoms with Crippen LogP contribution in [0.25, 0.3) is 0 Å². The Morgan fingerprint density at radius 1 is 1.03 bits per heavy atom. The number of aryl methyl sites for hydroxylation is 2. The number of hydrogen-bond donors (Lipinski definition) is 1. The molecule has 0 aliphatic carbocycles. The number of likely N-dealkylation sites (tertiary alicyclic amines) is 1. The van der Waals surface area contributed by atoms with Crippen molar-refractivity contribution >= 4 is 11.6 Å². The molecule has 3 aromatic heterocycles. The Bertz CT molecular complexity index is 1020. The molecule has 158 valence electrons. The highest BCUT2D eigenvalue weighted by molar-refractivity contribution is 5.51. The topological polar surface area (TPSA) is 58.9 Å². The number of nitrogens with one attached hydrogen (secondary N) is 1. The third kappa shape index (κ3) is 4.24. The molecule has 0 unspecified atom stereocenters. The van der Waals surface area contributed by atoms with Gasteiger partial charge >= 0.3 is 0 Å². The maximum atomic E-state index is 4.94. The summed E-state index contributed by atoms with van der Waals surface area (Å²) in [4.78, 5) is 12.0. The first-order valence-electron chi connectivity index (χ1n) is 10.9. The summed E-state index contributed by atoms with van der Waals surface area (Å²) in [5.74, 6) is 1.67. The van der Waals surface area contributed by atoms with Crippen LogP contribution in [0.2, 0.25) is 0 Å². The fraction of sp³-hybridized carbons (Fsp3) is 0.458. The number of anilines is 2. The Labute approximate surface area is 179 Å². The van der Waals surface area contributed by atoms with E-state index in [2.05, 4.69) is 59.7 Å². The van der Waals surface area contributed by atoms with Crippen molar-refractivity contribution in [3.05, 3.63) is 64.7 Å². The Balaban J connectivity index is 1.54. The van der Waals surface area contributed by atoms with E-state index in [0.29, 0.717) is 12.1 Å². The van der Waals surface area contributed by atoms with Crippen molar-refractivity contribution in [1.29, 1.82) is 0 Å². The monoisotopic (exact) mass is 404 g/mol. The molecular formula is C24H32N6. The Kier molecular flexibility index (Phi) is 5.86. The van der Waals surface area contributed by atoms with E-state index < -0.39 is 0 Å². The van der Waals surface area contributed by atoms with Crippen LogP contribution in [0.15, 0.2) is 36.4 Å². The Morgan fingerprint density at radius 2 is 1.77 bits per heavy atom. The minimum atomic E-state index is 0.332. The maximum absolute atomic E-state index is 4.94. The third-order valence-corrected chi connectivity index (χ3v) is 5.95. The van der Waals surface area contributed by atoms with Crippen LogP contribution in [0.4, 0.5) is 11.6 Å². The molecule has 1 atom stereocenters. The quantitative estimate of drug-likeness (QED) is 0.607. The van der Waals surface area contributed by atoms with E-state index in [9.17, 15) is 0 Å². The average molecular weight is 405 g/mol. The van der Waals surface area contributed by atoms with Crippen LogP contribution in [0, 0.1) is 20.8 Å². The summed E-state index contributed by atoms with van der Waals surface area (Å²) in [6, 6.07) is 12.9. The molecule has 0 aromatic carbocycles. The number of nitrogens with zero attached hydrogens (tertiary/aromatic N) is 5. The number of hydrogen-bond acceptors (Lipinski definition) is 5. The van der Waals surface area contributed by atoms with Gasteiger partial charge in [0.05, 0.1) is 17.4 Å². The number of pyridine rings is 2. The molecule has 4 heterocycles. The van der Waals surface area contributed by atoms with Gasteiger partial charge in [0.2, 0.25) is 0 Å². The zero-order chi connectivity index (χ0) is 21.3. The molecular weight excluding hydrogens is 372 g/mol. The van der Waals surface area contributed by atoms with Crippen LogP contribution in [0.1, 0.15) is 67.1 Å². The Morgan fingerprint density at radius 3 is 2.47 bits per heavy atom. The van der Waals surface area contributed by atoms with Gasteiger partial charge < -0.3 is 5.32 Å². The molecule has 1 aliphatic heterocycles. The lowest BCUT2D eigenvalue weighted by atomic mass is 10.1. The summed E-state index contributed by atoms with van der Waals surface area (Å²) in [6.07, 6.45) is 2.33. The van der Waals surface area contributed by atoms with E-state index in [1.807, 2.05) is 31.2 Å². The van der Waals surface area contributed by atoms with E-state index in [1.54, 1.807) is 0 Å². The first-order chi connectivity index (χ1) is 14.4. The SMILES string of the molecule is Cc1cccc(Nc2cccc([C@H]3CCCN3Cc3c(C)nn(C(C)C)c3C)n2)n1. The molecule has 0 saturated carbocycles. The molecule has 3 aromatic rings. The van der Waals surface area contributed by atoms with E-state index >= 15 is 0 Å². The van der Waals surface area contributed by atoms with E-state index in [0.717, 1.165) is 48.2 Å². The van der Waals surface area contributed by atoms with E-state index in [1.165, 1.54) is 17.7 Å². The van der Waals surface area contributed by atoms with E-state index in [-0.39, 0.29) is 0 Å². The first-order valence-corrected chi connectivity index (χ1v) is 10.9. The van der Waals surface area contributed by atoms with E-state index in [4.69, 9.17) is 10.1 Å². The van der Waals surface area contributed by atoms with Gasteiger partial charge in [0.15, 0.2) is 0 Å². The fourth-order valence-electron chi connectivity index (χ4n) is 4.43. The molecule has 1 aliphatic rings. The van der Waals surface area contributed by atoms with Crippen LogP contribution in [0.3, 0.4) is 0 Å². The highest BCUT2D eigenvalue weighted by Crippen LogP contribution is 2.34. The summed E-state index contributed by atoms with van der Waals surface area (Å²) in [5.41, 5.74) is 5.89. The predicted octanol–water partition coefficient (Wildman–Crippen LogP) is 5.26. The molecule has 1 fully saturated rings. The zero-order valence-corrected chi connectivity index (χ0v) is 18.7. The minimum absolute atomic E-state index is 0.332. The summed E-state index contributed by atoms with van der Waals surface area (Å²) in [5, 5.41) is 8.13. The van der Waals surface area contributed by atoms with Gasteiger partial charge in [-0.2, -0.15) is 5.10 Å². The van der Waals surface area contributed by atoms with Gasteiger partial charge in [-0.3, -0.25) is 9.58 Å². The van der Waals surface area contributed by atoms with Gasteiger partial charge in [-0.1, -0.05) is 12.1 Å². The lowest BCUT2D eigenvalue weighted by molar-refractivity contribution is 0.243. The van der Waals surface area contributed by atoms with Crippen LogP contribution in [0.5, 0.6) is 0 Å². The van der Waals surface area contributed by atoms with Gasteiger partial charge in [-0.05, 0) is 78.3 Å². The van der Waals surface area contributed by atoms with Gasteiger partial charge in [0.1, 0.15) is 11.6 Å². The normalized spacial score (nSPS) is 17.1. The van der Waals surface area contributed by atoms with Crippen LogP contribution < -0.4 is 5.32 Å². The molecule has 1 saturated heterocycles. The largest absolute Gasteiger partial charge is 0.325 e. The van der Waals surface area contributed by atoms with Crippen molar-refractivity contribution in [3.8, 4) is 0 Å². The van der Waals surface area contributed by atoms with Crippen LogP contribution in [-0.4, -0.2) is 31.2 Å². The highest BCUT2D eigenvalue weighted by atomic mass is 15.3. The summed E-state index contributed by atoms with van der Waals surface area (Å²) in [6.45, 7) is 12.7. The molecule has 30 heavy (non-hydrogen) atoms. The summed E-state index contributed by atoms with van der Waals surface area (Å²) in [7, 11) is 0. The first kappa shape index (κ1) is 20.5. The highest BCUT2D eigenvalue weighted by Gasteiger charge is 2.29. The lowest BCUT2D eigenvalue weighted by Crippen LogP contribution is -2.24. The summed E-state index contributed by atoms with van der Waals surface area (Å²) < 4.78 is 2.15. The van der Waals surface area contributed by atoms with Crippen molar-refractivity contribution in [1.82, 2.24) is 24.6 Å². The van der Waals surface area contributed by atoms with Gasteiger partial charge in [0.25, 0.3) is 0 Å². The molecule has 0 radical (unpaired) electrons. The zero-order valence-electron chi connectivity index (χ0n) is 18.7. The third-order valence-electron chi connectivity index (χ3n) is 5.95. The maximum Gasteiger partial charge on any atom is 0.131 e. The Hall–Kier alpha value is -2.73. The van der Waals surface area contributed by atoms with Gasteiger partial charge in [0, 0.05) is 29.5 Å². The second-order valence-electron chi connectivity index (χ2n) is 8.55. The van der Waals surface area contributed by atoms with Gasteiger partial charge in [-0.15, -0.1) is 0 Å². The number of rotatable bonds is 6. The average Bonchev–Trinajstić information content (AvgIpc) is 3.28. The minimum Gasteiger partial charge on any atom is -0.325 e. The van der Waals surface area contributed by atoms with Crippen molar-refractivity contribution in [2.75, 3.05) is 11.9 Å². The van der Waals surface area contributed by atoms with Gasteiger partial charge in [-0.25, -0.2) is 9.97 Å². The fourth-order valence-corrected chi connectivity index (χ4v) is 4.43. The molecule has 0 amide bonds. The standard InChI is InChI=1S/C24H32N6/c1-16(2)30-19(5)20(18(4)28-30)15-29-14-8-11-22(29)21-10-7-13-24(26-21)27-23-12-6-9-17(3)25-23/h6-7,9-10,12-13,16,22H,8,11,14-15H2,1-5H3,(H,25,26,27)/t22-/m1/s1. The smallest absolute Gasteiger partial charge is 0.131 e. The van der Waals surface area contributed by atoms with Crippen molar-refractivity contribution in [3.63, 3.8) is 0 Å². The second kappa shape index (κ2) is 8.56. The molecule has 4 rings (SSSR count). The van der Waals surface area contributed by atoms with Crippen molar-refractivity contribution < 1.29 is 0 Å². The molecule has 0 spiro atoms. The number of aromatic nitrogens is 4. The second-order valence-corrected chi connectivity index (χ2v) is 8.55. The molecule has 6 nitrogen and oxygen atoms in total. The molecule has 1 N–H and O–H groups in total. The molecule has 6 heteroatoms. The van der Waals surface area contributed by atoms with Crippen LogP contribution in [-0.2, 0) is 6.54 Å². The van der Waals surface area contributed by atoms with Crippen LogP contribution >= 0.6 is 0 Å². The van der Waals surface area contributed by atoms with Crippen molar-refractivity contribution in [2.24, 2.45) is 0 Å². The predicted molar refractivity (Wildman–Crippen MR) is 121 cm³/mol. The summed E-state index contributed by atoms with van der Waals surface area (Å²) >= 11 is 0. The van der Waals surface area contributed by atoms with Crippen molar-refractivity contribution in [2.45, 2.75) is 66.1 Å². The lowest BCUT2D eigenvalue weighted by Gasteiger charge is -2.24. The molecule has 0 bridgehead atoms.